The molecule has 7 heteroatoms. The molecule has 1 N–H and O–H groups in total. The maximum Gasteiger partial charge on any atom is 0.235 e. The van der Waals surface area contributed by atoms with Crippen molar-refractivity contribution in [3.63, 3.8) is 0 Å². The number of benzene rings is 2. The normalized spacial score (nSPS) is 13.6. The van der Waals surface area contributed by atoms with Crippen LogP contribution in [0.3, 0.4) is 0 Å². The summed E-state index contributed by atoms with van der Waals surface area (Å²) >= 11 is 1.15. The fourth-order valence-corrected chi connectivity index (χ4v) is 3.45. The van der Waals surface area contributed by atoms with E-state index >= 15 is 0 Å². The Hall–Kier alpha value is -2.67. The van der Waals surface area contributed by atoms with Crippen LogP contribution in [-0.4, -0.2) is 21.4 Å². The summed E-state index contributed by atoms with van der Waals surface area (Å²) in [4.78, 5) is 12.9. The molecule has 4 rings (SSSR count). The van der Waals surface area contributed by atoms with Gasteiger partial charge in [0.2, 0.25) is 5.91 Å². The molecule has 1 aromatic heterocycles. The Morgan fingerprint density at radius 2 is 1.89 bits per heavy atom. The van der Waals surface area contributed by atoms with Gasteiger partial charge >= 0.3 is 0 Å². The van der Waals surface area contributed by atoms with Gasteiger partial charge in [-0.2, -0.15) is 5.10 Å². The molecule has 2 aromatic carbocycles. The number of hydrogen-bond acceptors (Lipinski definition) is 3. The van der Waals surface area contributed by atoms with E-state index in [4.69, 9.17) is 0 Å². The minimum Gasteiger partial charge on any atom is -0.310 e. The van der Waals surface area contributed by atoms with Crippen molar-refractivity contribution in [1.29, 1.82) is 0 Å². The zero-order valence-electron chi connectivity index (χ0n) is 14.4. The molecule has 0 bridgehead atoms. The molecule has 1 saturated carbocycles. The molecule has 0 spiro atoms. The number of nitrogens with zero attached hydrogens (tertiary/aromatic N) is 2. The van der Waals surface area contributed by atoms with E-state index in [9.17, 15) is 13.6 Å². The third kappa shape index (κ3) is 4.19. The molecular formula is C20H17F2N3OS. The van der Waals surface area contributed by atoms with Gasteiger partial charge in [-0.15, -0.1) is 11.8 Å². The maximum atomic E-state index is 13.3. The number of carbonyl (C=O) groups is 1. The number of nitrogens with one attached hydrogen (secondary N) is 1. The van der Waals surface area contributed by atoms with E-state index in [0.29, 0.717) is 16.6 Å². The molecule has 0 saturated heterocycles. The second-order valence-electron chi connectivity index (χ2n) is 6.39. The van der Waals surface area contributed by atoms with E-state index in [1.807, 2.05) is 36.4 Å². The number of carbonyl (C=O) groups excluding carboxylic acids is 1. The molecule has 3 aromatic rings. The lowest BCUT2D eigenvalue weighted by Crippen LogP contribution is -2.16. The Bertz CT molecular complexity index is 971. The zero-order chi connectivity index (χ0) is 18.8. The number of para-hydroxylation sites is 1. The lowest BCUT2D eigenvalue weighted by Gasteiger charge is -2.09. The first-order valence-electron chi connectivity index (χ1n) is 8.63. The molecule has 0 atom stereocenters. The van der Waals surface area contributed by atoms with Gasteiger partial charge in [0.25, 0.3) is 0 Å². The van der Waals surface area contributed by atoms with Gasteiger partial charge in [0.1, 0.15) is 5.82 Å². The van der Waals surface area contributed by atoms with Crippen LogP contribution in [0.2, 0.25) is 0 Å². The number of amides is 1. The Balaban J connectivity index is 1.48. The van der Waals surface area contributed by atoms with Crippen molar-refractivity contribution in [2.75, 3.05) is 11.1 Å². The van der Waals surface area contributed by atoms with Crippen LogP contribution in [0.5, 0.6) is 0 Å². The smallest absolute Gasteiger partial charge is 0.235 e. The highest BCUT2D eigenvalue weighted by Crippen LogP contribution is 2.40. The molecule has 1 aliphatic carbocycles. The van der Waals surface area contributed by atoms with Crippen molar-refractivity contribution in [3.05, 3.63) is 71.9 Å². The number of anilines is 1. The number of hydrogen-bond donors (Lipinski definition) is 1. The Labute approximate surface area is 159 Å². The van der Waals surface area contributed by atoms with Crippen LogP contribution in [0, 0.1) is 11.6 Å². The first kappa shape index (κ1) is 17.7. The van der Waals surface area contributed by atoms with Crippen LogP contribution in [-0.2, 0) is 4.79 Å². The van der Waals surface area contributed by atoms with Gasteiger partial charge in [-0.05, 0) is 43.2 Å². The number of aromatic nitrogens is 2. The van der Waals surface area contributed by atoms with Crippen LogP contribution in [0.4, 0.5) is 14.6 Å². The first-order valence-corrected chi connectivity index (χ1v) is 9.62. The van der Waals surface area contributed by atoms with Crippen LogP contribution >= 0.6 is 11.8 Å². The lowest BCUT2D eigenvalue weighted by atomic mass is 10.3. The van der Waals surface area contributed by atoms with Gasteiger partial charge in [-0.3, -0.25) is 4.79 Å². The summed E-state index contributed by atoms with van der Waals surface area (Å²) < 4.78 is 28.0. The third-order valence-corrected chi connectivity index (χ3v) is 5.25. The molecule has 0 radical (unpaired) electrons. The van der Waals surface area contributed by atoms with E-state index < -0.39 is 11.6 Å². The topological polar surface area (TPSA) is 46.9 Å². The second kappa shape index (κ2) is 7.52. The van der Waals surface area contributed by atoms with Crippen molar-refractivity contribution in [3.8, 4) is 5.69 Å². The van der Waals surface area contributed by atoms with Gasteiger partial charge in [0.15, 0.2) is 11.6 Å². The highest BCUT2D eigenvalue weighted by atomic mass is 32.2. The van der Waals surface area contributed by atoms with E-state index in [1.165, 1.54) is 6.07 Å². The minimum atomic E-state index is -0.920. The molecule has 0 unspecified atom stereocenters. The van der Waals surface area contributed by atoms with Crippen molar-refractivity contribution >= 4 is 23.5 Å². The predicted molar refractivity (Wildman–Crippen MR) is 101 cm³/mol. The summed E-state index contributed by atoms with van der Waals surface area (Å²) in [5, 5.41) is 7.52. The lowest BCUT2D eigenvalue weighted by molar-refractivity contribution is -0.113. The van der Waals surface area contributed by atoms with Gasteiger partial charge in [0, 0.05) is 16.9 Å². The summed E-state index contributed by atoms with van der Waals surface area (Å²) in [7, 11) is 0. The van der Waals surface area contributed by atoms with Crippen LogP contribution < -0.4 is 5.32 Å². The Morgan fingerprint density at radius 1 is 1.11 bits per heavy atom. The summed E-state index contributed by atoms with van der Waals surface area (Å²) in [5.74, 6) is -0.894. The van der Waals surface area contributed by atoms with Crippen molar-refractivity contribution in [1.82, 2.24) is 9.78 Å². The molecule has 1 heterocycles. The van der Waals surface area contributed by atoms with Crippen molar-refractivity contribution in [2.45, 2.75) is 23.7 Å². The number of thioether (sulfide) groups is 1. The number of rotatable bonds is 6. The van der Waals surface area contributed by atoms with Gasteiger partial charge in [-0.25, -0.2) is 13.5 Å². The molecule has 4 nitrogen and oxygen atoms in total. The van der Waals surface area contributed by atoms with Gasteiger partial charge in [0.05, 0.1) is 17.1 Å². The monoisotopic (exact) mass is 385 g/mol. The van der Waals surface area contributed by atoms with E-state index in [1.54, 1.807) is 4.68 Å². The standard InChI is InChI=1S/C20H17F2N3OS/c21-16-9-8-15(10-17(16)22)27-12-20(26)23-19-11-18(13-6-7-13)24-25(19)14-4-2-1-3-5-14/h1-5,8-11,13H,6-7,12H2,(H,23,26). The quantitative estimate of drug-likeness (QED) is 0.623. The van der Waals surface area contributed by atoms with E-state index in [-0.39, 0.29) is 11.7 Å². The molecule has 138 valence electrons. The van der Waals surface area contributed by atoms with Crippen LogP contribution in [0.15, 0.2) is 59.5 Å². The Morgan fingerprint density at radius 3 is 2.59 bits per heavy atom. The largest absolute Gasteiger partial charge is 0.310 e. The maximum absolute atomic E-state index is 13.3. The molecule has 1 aliphatic rings. The molecular weight excluding hydrogens is 368 g/mol. The van der Waals surface area contributed by atoms with Gasteiger partial charge < -0.3 is 5.32 Å². The summed E-state index contributed by atoms with van der Waals surface area (Å²) in [6, 6.07) is 15.1. The molecule has 0 aliphatic heterocycles. The van der Waals surface area contributed by atoms with Crippen LogP contribution in [0.25, 0.3) is 5.69 Å². The average Bonchev–Trinajstić information content (AvgIpc) is 3.44. The van der Waals surface area contributed by atoms with Crippen molar-refractivity contribution in [2.24, 2.45) is 0 Å². The minimum absolute atomic E-state index is 0.0871. The first-order chi connectivity index (χ1) is 13.1. The summed E-state index contributed by atoms with van der Waals surface area (Å²) in [6.07, 6.45) is 2.23. The SMILES string of the molecule is O=C(CSc1ccc(F)c(F)c1)Nc1cc(C2CC2)nn1-c1ccccc1. The van der Waals surface area contributed by atoms with E-state index in [2.05, 4.69) is 10.4 Å². The number of halogens is 2. The third-order valence-electron chi connectivity index (χ3n) is 4.25. The Kier molecular flexibility index (Phi) is 4.94. The van der Waals surface area contributed by atoms with E-state index in [0.717, 1.165) is 48.1 Å². The zero-order valence-corrected chi connectivity index (χ0v) is 15.2. The molecule has 1 fully saturated rings. The predicted octanol–water partition coefficient (Wildman–Crippen LogP) is 4.76. The highest BCUT2D eigenvalue weighted by Gasteiger charge is 2.28. The van der Waals surface area contributed by atoms with Gasteiger partial charge in [-0.1, -0.05) is 18.2 Å². The van der Waals surface area contributed by atoms with Crippen LogP contribution in [0.1, 0.15) is 24.5 Å². The highest BCUT2D eigenvalue weighted by molar-refractivity contribution is 8.00. The molecule has 1 amide bonds. The summed E-state index contributed by atoms with van der Waals surface area (Å²) in [6.45, 7) is 0. The summed E-state index contributed by atoms with van der Waals surface area (Å²) in [5.41, 5.74) is 1.84. The molecule has 27 heavy (non-hydrogen) atoms. The fraction of sp³-hybridized carbons (Fsp3) is 0.200. The van der Waals surface area contributed by atoms with Crippen molar-refractivity contribution < 1.29 is 13.6 Å². The fourth-order valence-electron chi connectivity index (χ4n) is 2.73. The average molecular weight is 385 g/mol. The second-order valence-corrected chi connectivity index (χ2v) is 7.44.